The lowest BCUT2D eigenvalue weighted by Gasteiger charge is -2.45. The molecule has 0 saturated carbocycles. The van der Waals surface area contributed by atoms with Crippen molar-refractivity contribution in [3.63, 3.8) is 0 Å². The number of anilines is 9. The maximum atomic E-state index is 13.9. The van der Waals surface area contributed by atoms with Gasteiger partial charge in [0.25, 0.3) is 6.71 Å². The zero-order chi connectivity index (χ0) is 46.9. The van der Waals surface area contributed by atoms with Crippen LogP contribution in [-0.2, 0) is 12.4 Å². The molecule has 9 aromatic rings. The number of rotatable bonds is 7. The first-order valence-electron chi connectivity index (χ1n) is 22.3. The van der Waals surface area contributed by atoms with Crippen LogP contribution in [0.3, 0.4) is 0 Å². The number of hydrogen-bond acceptors (Lipinski definition) is 3. The van der Waals surface area contributed by atoms with Gasteiger partial charge in [0.1, 0.15) is 0 Å². The Bertz CT molecular complexity index is 3130. The van der Waals surface area contributed by atoms with Crippen molar-refractivity contribution in [3.05, 3.63) is 229 Å². The van der Waals surface area contributed by atoms with Crippen LogP contribution in [0.4, 0.5) is 77.5 Å². The molecule has 10 heteroatoms. The molecule has 0 radical (unpaired) electrons. The van der Waals surface area contributed by atoms with Gasteiger partial charge in [-0.1, -0.05) is 132 Å². The first kappa shape index (κ1) is 42.6. The summed E-state index contributed by atoms with van der Waals surface area (Å²) in [5.41, 5.74) is 14.3. The summed E-state index contributed by atoms with van der Waals surface area (Å²) < 4.78 is 83.6. The highest BCUT2D eigenvalue weighted by molar-refractivity contribution is 7.00. The minimum absolute atomic E-state index is 0.273. The summed E-state index contributed by atoms with van der Waals surface area (Å²) in [5, 5.41) is 0. The van der Waals surface area contributed by atoms with Crippen LogP contribution in [0, 0.1) is 13.8 Å². The van der Waals surface area contributed by atoms with E-state index in [1.807, 2.05) is 84.9 Å². The van der Waals surface area contributed by atoms with E-state index in [0.717, 1.165) is 114 Å². The van der Waals surface area contributed by atoms with Crippen molar-refractivity contribution in [2.24, 2.45) is 0 Å². The molecule has 11 rings (SSSR count). The van der Waals surface area contributed by atoms with Crippen LogP contribution >= 0.6 is 0 Å². The van der Waals surface area contributed by atoms with E-state index < -0.39 is 23.5 Å². The Kier molecular flexibility index (Phi) is 10.3. The maximum Gasteiger partial charge on any atom is 0.416 e. The van der Waals surface area contributed by atoms with E-state index >= 15 is 0 Å². The van der Waals surface area contributed by atoms with Crippen molar-refractivity contribution in [1.29, 1.82) is 0 Å². The Morgan fingerprint density at radius 2 is 0.750 bits per heavy atom. The Labute approximate surface area is 390 Å². The second kappa shape index (κ2) is 16.4. The molecule has 332 valence electrons. The molecule has 2 aliphatic heterocycles. The first-order chi connectivity index (χ1) is 32.8. The minimum atomic E-state index is -4.49. The van der Waals surface area contributed by atoms with Crippen LogP contribution in [0.1, 0.15) is 22.3 Å². The van der Waals surface area contributed by atoms with Crippen LogP contribution in [-0.4, -0.2) is 6.71 Å². The monoisotopic (exact) mass is 903 g/mol. The summed E-state index contributed by atoms with van der Waals surface area (Å²) in [7, 11) is 0. The maximum absolute atomic E-state index is 13.9. The van der Waals surface area contributed by atoms with Gasteiger partial charge < -0.3 is 14.7 Å². The summed E-state index contributed by atoms with van der Waals surface area (Å²) in [6.07, 6.45) is -8.99. The molecule has 0 atom stereocenters. The molecule has 0 N–H and O–H groups in total. The number of nitrogens with zero attached hydrogens (tertiary/aromatic N) is 3. The number of aryl methyl sites for hydroxylation is 2. The van der Waals surface area contributed by atoms with Gasteiger partial charge >= 0.3 is 12.4 Å². The first-order valence-corrected chi connectivity index (χ1v) is 22.3. The molecule has 2 aliphatic rings. The van der Waals surface area contributed by atoms with Gasteiger partial charge in [-0.05, 0) is 126 Å². The summed E-state index contributed by atoms with van der Waals surface area (Å²) in [4.78, 5) is 6.70. The standard InChI is InChI=1S/C58H40BF6N3/c1-37-21-31-52-48(33-37)59-49-34-38(2)22-32-53(49)68(51-20-12-10-18-47(51)40-25-29-42(30-26-40)58(63,64)65)55-36-45(66(43-13-5-3-6-14-43)44-15-7-4-8-16-44)35-54(56(55)59)67(52)50-19-11-9-17-46(50)39-23-27-41(28-24-39)57(60,61)62/h3-36H,1-2H3. The fraction of sp³-hybridized carbons (Fsp3) is 0.0690. The normalized spacial score (nSPS) is 12.9. The summed E-state index contributed by atoms with van der Waals surface area (Å²) in [6, 6.07) is 63.8. The quantitative estimate of drug-likeness (QED) is 0.117. The average Bonchev–Trinajstić information content (AvgIpc) is 3.34. The van der Waals surface area contributed by atoms with Gasteiger partial charge in [0.15, 0.2) is 0 Å². The molecule has 0 fully saturated rings. The Balaban J connectivity index is 1.25. The van der Waals surface area contributed by atoms with E-state index in [4.69, 9.17) is 0 Å². The molecular formula is C58H40BF6N3. The van der Waals surface area contributed by atoms with Gasteiger partial charge in [-0.15, -0.1) is 0 Å². The SMILES string of the molecule is Cc1ccc2c(c1)B1c3cc(C)ccc3N(c3ccccc3-c3ccc(C(F)(F)F)cc3)c3cc(N(c4ccccc4)c4ccccc4)cc(c31)N2c1ccccc1-c1ccc(C(F)(F)F)cc1. The predicted molar refractivity (Wildman–Crippen MR) is 265 cm³/mol. The second-order valence-corrected chi connectivity index (χ2v) is 17.3. The fourth-order valence-corrected chi connectivity index (χ4v) is 9.98. The molecular weight excluding hydrogens is 863 g/mol. The molecule has 0 spiro atoms. The summed E-state index contributed by atoms with van der Waals surface area (Å²) in [5.74, 6) is 0. The fourth-order valence-electron chi connectivity index (χ4n) is 9.98. The lowest BCUT2D eigenvalue weighted by Crippen LogP contribution is -2.61. The average molecular weight is 904 g/mol. The van der Waals surface area contributed by atoms with Crippen LogP contribution < -0.4 is 31.1 Å². The van der Waals surface area contributed by atoms with Gasteiger partial charge in [-0.25, -0.2) is 0 Å². The van der Waals surface area contributed by atoms with Crippen LogP contribution in [0.2, 0.25) is 0 Å². The van der Waals surface area contributed by atoms with E-state index in [2.05, 4.69) is 101 Å². The lowest BCUT2D eigenvalue weighted by molar-refractivity contribution is -0.138. The minimum Gasteiger partial charge on any atom is -0.311 e. The van der Waals surface area contributed by atoms with Gasteiger partial charge in [-0.3, -0.25) is 0 Å². The van der Waals surface area contributed by atoms with Crippen molar-refractivity contribution in [2.75, 3.05) is 14.7 Å². The van der Waals surface area contributed by atoms with E-state index in [9.17, 15) is 26.3 Å². The van der Waals surface area contributed by atoms with Gasteiger partial charge in [0, 0.05) is 45.3 Å². The molecule has 68 heavy (non-hydrogen) atoms. The third kappa shape index (κ3) is 7.37. The zero-order valence-electron chi connectivity index (χ0n) is 36.8. The predicted octanol–water partition coefficient (Wildman–Crippen LogP) is 15.2. The topological polar surface area (TPSA) is 9.72 Å². The highest BCUT2D eigenvalue weighted by atomic mass is 19.4. The van der Waals surface area contributed by atoms with Gasteiger partial charge in [-0.2, -0.15) is 26.3 Å². The number of fused-ring (bicyclic) bond motifs is 4. The van der Waals surface area contributed by atoms with E-state index in [0.29, 0.717) is 11.1 Å². The zero-order valence-corrected chi connectivity index (χ0v) is 36.8. The van der Waals surface area contributed by atoms with Gasteiger partial charge in [0.05, 0.1) is 28.2 Å². The highest BCUT2D eigenvalue weighted by Crippen LogP contribution is 2.51. The highest BCUT2D eigenvalue weighted by Gasteiger charge is 2.45. The Hall–Kier alpha value is -7.98. The molecule has 3 nitrogen and oxygen atoms in total. The molecule has 0 aliphatic carbocycles. The molecule has 0 amide bonds. The molecule has 0 unspecified atom stereocenters. The lowest BCUT2D eigenvalue weighted by atomic mass is 9.33. The number of hydrogen-bond donors (Lipinski definition) is 0. The third-order valence-electron chi connectivity index (χ3n) is 13.0. The van der Waals surface area contributed by atoms with Crippen molar-refractivity contribution in [3.8, 4) is 22.3 Å². The molecule has 0 saturated heterocycles. The van der Waals surface area contributed by atoms with Crippen molar-refractivity contribution >= 4 is 74.3 Å². The smallest absolute Gasteiger partial charge is 0.311 e. The largest absolute Gasteiger partial charge is 0.416 e. The Morgan fingerprint density at radius 1 is 0.368 bits per heavy atom. The Morgan fingerprint density at radius 3 is 1.15 bits per heavy atom. The number of halogens is 6. The van der Waals surface area contributed by atoms with Crippen LogP contribution in [0.25, 0.3) is 22.3 Å². The number of benzene rings is 9. The summed E-state index contributed by atoms with van der Waals surface area (Å²) >= 11 is 0. The van der Waals surface area contributed by atoms with E-state index in [1.54, 1.807) is 0 Å². The molecule has 9 aromatic carbocycles. The van der Waals surface area contributed by atoms with E-state index in [1.165, 1.54) is 24.3 Å². The molecule has 0 bridgehead atoms. The third-order valence-corrected chi connectivity index (χ3v) is 13.0. The summed E-state index contributed by atoms with van der Waals surface area (Å²) in [6.45, 7) is 3.87. The van der Waals surface area contributed by atoms with Crippen molar-refractivity contribution < 1.29 is 26.3 Å². The molecule has 0 aromatic heterocycles. The number of para-hydroxylation sites is 4. The van der Waals surface area contributed by atoms with Gasteiger partial charge in [0.2, 0.25) is 0 Å². The second-order valence-electron chi connectivity index (χ2n) is 17.3. The van der Waals surface area contributed by atoms with E-state index in [-0.39, 0.29) is 6.71 Å². The van der Waals surface area contributed by atoms with Crippen LogP contribution in [0.15, 0.2) is 206 Å². The van der Waals surface area contributed by atoms with Crippen molar-refractivity contribution in [2.45, 2.75) is 26.2 Å². The van der Waals surface area contributed by atoms with Crippen molar-refractivity contribution in [1.82, 2.24) is 0 Å². The molecule has 2 heterocycles. The van der Waals surface area contributed by atoms with Crippen LogP contribution in [0.5, 0.6) is 0 Å². The number of alkyl halides is 6.